The molecule has 0 aromatic carbocycles. The fourth-order valence-corrected chi connectivity index (χ4v) is 2.19. The number of nitrogens with zero attached hydrogens (tertiary/aromatic N) is 4. The van der Waals surface area contributed by atoms with Gasteiger partial charge in [-0.3, -0.25) is 9.36 Å². The lowest BCUT2D eigenvalue weighted by Gasteiger charge is -1.97. The Bertz CT molecular complexity index is 650. The smallest absolute Gasteiger partial charge is 0.343 e. The van der Waals surface area contributed by atoms with Gasteiger partial charge in [-0.1, -0.05) is 0 Å². The van der Waals surface area contributed by atoms with Crippen LogP contribution in [0.15, 0.2) is 17.0 Å². The molecule has 0 aliphatic rings. The van der Waals surface area contributed by atoms with Gasteiger partial charge in [0.2, 0.25) is 0 Å². The number of hydrogen-bond acceptors (Lipinski definition) is 7. The van der Waals surface area contributed by atoms with Crippen molar-refractivity contribution in [1.29, 1.82) is 0 Å². The maximum Gasteiger partial charge on any atom is 0.343 e. The number of nitrogen functional groups attached to an aromatic ring is 1. The van der Waals surface area contributed by atoms with Crippen molar-refractivity contribution >= 4 is 33.7 Å². The Balaban J connectivity index is 0.000000240. The molecule has 0 unspecified atom stereocenters. The molecule has 0 atom stereocenters. The molecule has 2 aromatic rings. The summed E-state index contributed by atoms with van der Waals surface area (Å²) in [6.45, 7) is 4.22. The summed E-state index contributed by atoms with van der Waals surface area (Å²) in [5.74, 6) is -0.573. The normalized spacial score (nSPS) is 9.88. The summed E-state index contributed by atoms with van der Waals surface area (Å²) in [7, 11) is 3.44. The zero-order valence-electron chi connectivity index (χ0n) is 13.9. The summed E-state index contributed by atoms with van der Waals surface area (Å²) in [5, 5.41) is 7.75. The molecule has 0 aliphatic carbocycles. The Morgan fingerprint density at radius 2 is 1.50 bits per heavy atom. The Hall–Kier alpha value is -2.36. The summed E-state index contributed by atoms with van der Waals surface area (Å²) in [6, 6.07) is 0. The fraction of sp³-hybridized carbons (Fsp3) is 0.429. The molecule has 0 bridgehead atoms. The maximum atomic E-state index is 11.2. The highest BCUT2D eigenvalue weighted by Gasteiger charge is 2.14. The average molecular weight is 402 g/mol. The first-order valence-corrected chi connectivity index (χ1v) is 7.91. The van der Waals surface area contributed by atoms with Crippen molar-refractivity contribution in [2.75, 3.05) is 18.9 Å². The third kappa shape index (κ3) is 5.37. The topological polar surface area (TPSA) is 114 Å². The number of hydrogen-bond donors (Lipinski definition) is 1. The molecule has 132 valence electrons. The molecule has 10 heteroatoms. The van der Waals surface area contributed by atoms with Crippen molar-refractivity contribution in [2.45, 2.75) is 13.8 Å². The van der Waals surface area contributed by atoms with Crippen molar-refractivity contribution in [1.82, 2.24) is 19.6 Å². The van der Waals surface area contributed by atoms with E-state index in [1.54, 1.807) is 38.8 Å². The standard InChI is InChI=1S/C7H9BrN2O2.C7H11N3O2/c2*1-3-12-7(11)5-4-10(2)9-6(5)8/h4H,3H2,1-2H3;4H,3H2,1-2H3,(H2,8,9). The quantitative estimate of drug-likeness (QED) is 0.772. The van der Waals surface area contributed by atoms with Crippen LogP contribution in [-0.2, 0) is 23.6 Å². The van der Waals surface area contributed by atoms with E-state index < -0.39 is 5.97 Å². The van der Waals surface area contributed by atoms with E-state index in [0.29, 0.717) is 28.9 Å². The molecule has 0 saturated heterocycles. The van der Waals surface area contributed by atoms with Gasteiger partial charge in [0, 0.05) is 26.5 Å². The predicted octanol–water partition coefficient (Wildman–Crippen LogP) is 1.54. The van der Waals surface area contributed by atoms with Crippen LogP contribution in [0.1, 0.15) is 34.6 Å². The third-order valence-electron chi connectivity index (χ3n) is 2.63. The minimum absolute atomic E-state index is 0.205. The highest BCUT2D eigenvalue weighted by molar-refractivity contribution is 9.10. The molecule has 0 fully saturated rings. The number of anilines is 1. The van der Waals surface area contributed by atoms with Gasteiger partial charge in [-0.15, -0.1) is 0 Å². The van der Waals surface area contributed by atoms with E-state index in [1.807, 2.05) is 0 Å². The van der Waals surface area contributed by atoms with Gasteiger partial charge >= 0.3 is 11.9 Å². The van der Waals surface area contributed by atoms with Gasteiger partial charge in [0.15, 0.2) is 5.82 Å². The molecule has 2 aromatic heterocycles. The predicted molar refractivity (Wildman–Crippen MR) is 90.4 cm³/mol. The molecular formula is C14H20BrN5O4. The summed E-state index contributed by atoms with van der Waals surface area (Å²) in [6.07, 6.45) is 3.15. The van der Waals surface area contributed by atoms with Crippen molar-refractivity contribution in [3.8, 4) is 0 Å². The number of aromatic nitrogens is 4. The summed E-state index contributed by atoms with van der Waals surface area (Å²) < 4.78 is 13.1. The van der Waals surface area contributed by atoms with Gasteiger partial charge in [-0.2, -0.15) is 10.2 Å². The van der Waals surface area contributed by atoms with E-state index in [2.05, 4.69) is 26.1 Å². The lowest BCUT2D eigenvalue weighted by atomic mass is 10.3. The molecule has 0 aliphatic heterocycles. The number of rotatable bonds is 4. The third-order valence-corrected chi connectivity index (χ3v) is 3.22. The lowest BCUT2D eigenvalue weighted by molar-refractivity contribution is 0.0516. The Morgan fingerprint density at radius 1 is 1.04 bits per heavy atom. The minimum Gasteiger partial charge on any atom is -0.462 e. The first-order chi connectivity index (χ1) is 11.3. The molecule has 0 radical (unpaired) electrons. The largest absolute Gasteiger partial charge is 0.462 e. The number of halogens is 1. The number of carbonyl (C=O) groups excluding carboxylic acids is 2. The molecular weight excluding hydrogens is 382 g/mol. The van der Waals surface area contributed by atoms with Gasteiger partial charge in [-0.05, 0) is 29.8 Å². The number of ether oxygens (including phenoxy) is 2. The first-order valence-electron chi connectivity index (χ1n) is 7.12. The average Bonchev–Trinajstić information content (AvgIpc) is 3.01. The van der Waals surface area contributed by atoms with E-state index in [4.69, 9.17) is 15.2 Å². The van der Waals surface area contributed by atoms with E-state index in [-0.39, 0.29) is 11.8 Å². The highest BCUT2D eigenvalue weighted by Crippen LogP contribution is 2.14. The minimum atomic E-state index is -0.428. The van der Waals surface area contributed by atoms with Crippen LogP contribution in [0.2, 0.25) is 0 Å². The molecule has 0 saturated carbocycles. The first kappa shape index (κ1) is 19.7. The molecule has 24 heavy (non-hydrogen) atoms. The summed E-state index contributed by atoms with van der Waals surface area (Å²) in [4.78, 5) is 22.3. The van der Waals surface area contributed by atoms with E-state index in [1.165, 1.54) is 10.9 Å². The van der Waals surface area contributed by atoms with E-state index in [9.17, 15) is 9.59 Å². The number of aryl methyl sites for hydroxylation is 2. The molecule has 2 N–H and O–H groups in total. The van der Waals surface area contributed by atoms with Gasteiger partial charge in [0.25, 0.3) is 0 Å². The van der Waals surface area contributed by atoms with Crippen LogP contribution < -0.4 is 5.73 Å². The van der Waals surface area contributed by atoms with Crippen LogP contribution >= 0.6 is 15.9 Å². The Labute approximate surface area is 147 Å². The number of nitrogens with two attached hydrogens (primary N) is 1. The van der Waals surface area contributed by atoms with Crippen LogP contribution in [0, 0.1) is 0 Å². The van der Waals surface area contributed by atoms with Crippen LogP contribution in [0.25, 0.3) is 0 Å². The second kappa shape index (κ2) is 9.06. The monoisotopic (exact) mass is 401 g/mol. The number of esters is 2. The summed E-state index contributed by atoms with van der Waals surface area (Å²) in [5.41, 5.74) is 6.22. The van der Waals surface area contributed by atoms with Crippen LogP contribution in [0.4, 0.5) is 5.82 Å². The zero-order chi connectivity index (χ0) is 18.3. The van der Waals surface area contributed by atoms with Crippen molar-refractivity contribution in [2.24, 2.45) is 14.1 Å². The van der Waals surface area contributed by atoms with Gasteiger partial charge in [0.05, 0.1) is 13.2 Å². The SMILES string of the molecule is CCOC(=O)c1cn(C)nc1Br.CCOC(=O)c1cn(C)nc1N. The van der Waals surface area contributed by atoms with Gasteiger partial charge < -0.3 is 15.2 Å². The van der Waals surface area contributed by atoms with Crippen LogP contribution in [-0.4, -0.2) is 44.7 Å². The second-order valence-corrected chi connectivity index (χ2v) is 5.30. The molecule has 9 nitrogen and oxygen atoms in total. The molecule has 2 heterocycles. The van der Waals surface area contributed by atoms with E-state index in [0.717, 1.165) is 0 Å². The lowest BCUT2D eigenvalue weighted by Crippen LogP contribution is -2.05. The maximum absolute atomic E-state index is 11.2. The van der Waals surface area contributed by atoms with Crippen LogP contribution in [0.5, 0.6) is 0 Å². The fourth-order valence-electron chi connectivity index (χ4n) is 1.68. The van der Waals surface area contributed by atoms with Gasteiger partial charge in [-0.25, -0.2) is 9.59 Å². The molecule has 0 amide bonds. The Morgan fingerprint density at radius 3 is 1.88 bits per heavy atom. The van der Waals surface area contributed by atoms with Gasteiger partial charge in [0.1, 0.15) is 15.7 Å². The van der Waals surface area contributed by atoms with Crippen LogP contribution in [0.3, 0.4) is 0 Å². The van der Waals surface area contributed by atoms with Crippen molar-refractivity contribution in [3.63, 3.8) is 0 Å². The second-order valence-electron chi connectivity index (χ2n) is 4.55. The van der Waals surface area contributed by atoms with Crippen molar-refractivity contribution < 1.29 is 19.1 Å². The molecule has 2 rings (SSSR count). The highest BCUT2D eigenvalue weighted by atomic mass is 79.9. The summed E-state index contributed by atoms with van der Waals surface area (Å²) >= 11 is 3.15. The number of carbonyl (C=O) groups is 2. The van der Waals surface area contributed by atoms with Crippen molar-refractivity contribution in [3.05, 3.63) is 28.1 Å². The Kier molecular flexibility index (Phi) is 7.43. The molecule has 0 spiro atoms. The zero-order valence-corrected chi connectivity index (χ0v) is 15.5. The van der Waals surface area contributed by atoms with E-state index >= 15 is 0 Å².